The van der Waals surface area contributed by atoms with Crippen molar-refractivity contribution in [2.75, 3.05) is 6.61 Å². The van der Waals surface area contributed by atoms with Crippen LogP contribution in [0, 0.1) is 34.5 Å². The van der Waals surface area contributed by atoms with Crippen LogP contribution in [0.4, 0.5) is 8.78 Å². The Hall–Kier alpha value is -2.20. The van der Waals surface area contributed by atoms with Gasteiger partial charge in [-0.05, 0) is 61.5 Å². The molecule has 3 saturated carbocycles. The number of alkyl halides is 2. The largest absolute Gasteiger partial charge is 0.472 e. The summed E-state index contributed by atoms with van der Waals surface area (Å²) in [7, 11) is 0. The maximum absolute atomic E-state index is 17.9. The van der Waals surface area contributed by atoms with E-state index in [2.05, 4.69) is 0 Å². The lowest BCUT2D eigenvalue weighted by Crippen LogP contribution is -2.72. The number of ether oxygens (including phenoxy) is 3. The summed E-state index contributed by atoms with van der Waals surface area (Å²) in [6, 6.07) is 0. The molecular weight excluding hydrogens is 518 g/mol. The van der Waals surface area contributed by atoms with E-state index in [4.69, 9.17) is 26.4 Å². The summed E-state index contributed by atoms with van der Waals surface area (Å²) in [5, 5.41) is 11.3. The molecule has 5 unspecified atom stereocenters. The molecule has 10 heteroatoms. The van der Waals surface area contributed by atoms with Gasteiger partial charge in [0.25, 0.3) is 0 Å². The summed E-state index contributed by atoms with van der Waals surface area (Å²) in [4.78, 5) is 36.8. The van der Waals surface area contributed by atoms with Gasteiger partial charge < -0.3 is 19.3 Å². The zero-order valence-electron chi connectivity index (χ0n) is 21.9. The fraction of sp³-hybridized carbons (Fsp3) is 0.714. The van der Waals surface area contributed by atoms with Crippen molar-refractivity contribution in [2.24, 2.45) is 34.5 Å². The van der Waals surface area contributed by atoms with Crippen LogP contribution in [-0.2, 0) is 28.6 Å². The summed E-state index contributed by atoms with van der Waals surface area (Å²) >= 11 is 5.57. The Morgan fingerprint density at radius 2 is 2.00 bits per heavy atom. The van der Waals surface area contributed by atoms with E-state index in [1.165, 1.54) is 19.1 Å². The molecule has 1 saturated heterocycles. The molecule has 4 aliphatic carbocycles. The highest BCUT2D eigenvalue weighted by atomic mass is 32.1. The van der Waals surface area contributed by atoms with Crippen molar-refractivity contribution in [3.63, 3.8) is 0 Å². The molecule has 4 fully saturated rings. The number of rotatable bonds is 4. The second kappa shape index (κ2) is 9.18. The molecule has 11 atom stereocenters. The highest BCUT2D eigenvalue weighted by Gasteiger charge is 2.76. The normalized spacial score (nSPS) is 47.4. The van der Waals surface area contributed by atoms with Crippen LogP contribution >= 0.6 is 12.2 Å². The van der Waals surface area contributed by atoms with Crippen LogP contribution in [0.15, 0.2) is 23.8 Å². The van der Waals surface area contributed by atoms with Gasteiger partial charge in [-0.25, -0.2) is 13.6 Å². The zero-order chi connectivity index (χ0) is 27.8. The molecule has 5 aliphatic rings. The van der Waals surface area contributed by atoms with Crippen LogP contribution < -0.4 is 0 Å². The lowest BCUT2D eigenvalue weighted by Gasteiger charge is -2.64. The summed E-state index contributed by atoms with van der Waals surface area (Å²) in [5.41, 5.74) is -5.00. The first-order valence-electron chi connectivity index (χ1n) is 13.3. The van der Waals surface area contributed by atoms with Gasteiger partial charge in [-0.2, -0.15) is 0 Å². The Bertz CT molecular complexity index is 1140. The van der Waals surface area contributed by atoms with Gasteiger partial charge in [0.15, 0.2) is 22.6 Å². The number of carbonyl (C=O) groups excluding carboxylic acids is 3. The molecule has 0 bridgehead atoms. The van der Waals surface area contributed by atoms with Crippen molar-refractivity contribution in [1.29, 1.82) is 0 Å². The number of halogens is 2. The van der Waals surface area contributed by atoms with Crippen molar-refractivity contribution in [3.8, 4) is 0 Å². The summed E-state index contributed by atoms with van der Waals surface area (Å²) in [5.74, 6) is -4.77. The molecule has 0 radical (unpaired) electrons. The number of aliphatic hydroxyl groups is 1. The van der Waals surface area contributed by atoms with Gasteiger partial charge in [0, 0.05) is 29.6 Å². The van der Waals surface area contributed by atoms with E-state index in [0.29, 0.717) is 6.42 Å². The van der Waals surface area contributed by atoms with Gasteiger partial charge in [0.2, 0.25) is 0 Å². The van der Waals surface area contributed by atoms with Crippen LogP contribution in [-0.4, -0.2) is 64.6 Å². The molecule has 0 spiro atoms. The minimum Gasteiger partial charge on any atom is -0.472 e. The molecule has 1 aliphatic heterocycles. The van der Waals surface area contributed by atoms with Gasteiger partial charge in [-0.1, -0.05) is 26.8 Å². The zero-order valence-corrected chi connectivity index (χ0v) is 22.8. The topological polar surface area (TPSA) is 99.1 Å². The number of hydrogen-bond donors (Lipinski definition) is 1. The van der Waals surface area contributed by atoms with E-state index >= 15 is 8.78 Å². The second-order valence-corrected chi connectivity index (χ2v) is 12.4. The number of ketones is 1. The molecule has 7 nitrogen and oxygen atoms in total. The molecule has 0 aromatic heterocycles. The van der Waals surface area contributed by atoms with E-state index in [1.807, 2.05) is 13.8 Å². The fourth-order valence-electron chi connectivity index (χ4n) is 8.09. The van der Waals surface area contributed by atoms with Crippen molar-refractivity contribution in [3.05, 3.63) is 23.8 Å². The first kappa shape index (κ1) is 27.4. The Kier molecular flexibility index (Phi) is 6.61. The number of aliphatic hydroxyl groups excluding tert-OH is 1. The molecule has 38 heavy (non-hydrogen) atoms. The van der Waals surface area contributed by atoms with Crippen LogP contribution in [0.2, 0.25) is 0 Å². The van der Waals surface area contributed by atoms with Crippen molar-refractivity contribution < 1.29 is 42.5 Å². The first-order chi connectivity index (χ1) is 17.8. The van der Waals surface area contributed by atoms with E-state index in [1.54, 1.807) is 6.92 Å². The lowest BCUT2D eigenvalue weighted by molar-refractivity contribution is -0.221. The molecule has 0 amide bonds. The quantitative estimate of drug-likeness (QED) is 0.416. The van der Waals surface area contributed by atoms with Gasteiger partial charge in [0.05, 0.1) is 18.6 Å². The minimum absolute atomic E-state index is 0.0203. The number of thiocarbonyl (C=S) groups is 1. The van der Waals surface area contributed by atoms with Gasteiger partial charge in [-0.3, -0.25) is 9.59 Å². The maximum atomic E-state index is 17.9. The van der Waals surface area contributed by atoms with E-state index in [0.717, 1.165) is 6.08 Å². The van der Waals surface area contributed by atoms with Gasteiger partial charge >= 0.3 is 11.9 Å². The monoisotopic (exact) mass is 552 g/mol. The Morgan fingerprint density at radius 1 is 1.29 bits per heavy atom. The maximum Gasteiger partial charge on any atom is 0.347 e. The Labute approximate surface area is 225 Å². The number of hydrogen-bond acceptors (Lipinski definition) is 8. The van der Waals surface area contributed by atoms with Crippen LogP contribution in [0.25, 0.3) is 0 Å². The van der Waals surface area contributed by atoms with Crippen molar-refractivity contribution in [2.45, 2.75) is 83.5 Å². The molecule has 1 heterocycles. The predicted molar refractivity (Wildman–Crippen MR) is 135 cm³/mol. The average Bonchev–Trinajstić information content (AvgIpc) is 3.36. The standard InChI is InChI=1S/C28H34F2O7S/c1-5-19(33)37-23-13(2)10-15-21-20(25(38)36-17-7-9-35-24(17)34)22(29)16-11-14(31)6-8-27(16,4)28(21,30)18(32)12-26(15,23)3/h6,8,11,13,15,17-18,20-23,32H,5,7,9-10,12H2,1-4H3/t13?,15-,17-,18?,20?,21+,22?,23?,26-,27-,28-/m0/s1. The summed E-state index contributed by atoms with van der Waals surface area (Å²) in [6.45, 7) is 7.09. The average molecular weight is 553 g/mol. The van der Waals surface area contributed by atoms with Gasteiger partial charge in [0.1, 0.15) is 12.3 Å². The molecule has 1 N–H and O–H groups in total. The Balaban J connectivity index is 1.64. The summed E-state index contributed by atoms with van der Waals surface area (Å²) < 4.78 is 51.1. The fourth-order valence-corrected chi connectivity index (χ4v) is 8.48. The SMILES string of the molecule is CCC(=O)OC1C(C)C[C@H]2[C@@H]3C(C(=S)O[C@H]4CCOC4=O)C(F)C4=CC(=O)C=C[C@]4(C)[C@]3(F)C(O)C[C@]12C. The molecule has 0 aromatic rings. The number of cyclic esters (lactones) is 1. The highest BCUT2D eigenvalue weighted by molar-refractivity contribution is 7.80. The molecule has 208 valence electrons. The highest BCUT2D eigenvalue weighted by Crippen LogP contribution is 2.70. The van der Waals surface area contributed by atoms with Crippen LogP contribution in [0.5, 0.6) is 0 Å². The lowest BCUT2D eigenvalue weighted by atomic mass is 9.43. The Morgan fingerprint density at radius 3 is 2.63 bits per heavy atom. The van der Waals surface area contributed by atoms with Gasteiger partial charge in [-0.15, -0.1) is 0 Å². The third-order valence-corrected chi connectivity index (χ3v) is 10.3. The van der Waals surface area contributed by atoms with Crippen molar-refractivity contribution >= 4 is 35.0 Å². The van der Waals surface area contributed by atoms with E-state index < -0.39 is 76.5 Å². The number of fused-ring (bicyclic) bond motifs is 5. The minimum atomic E-state index is -2.42. The first-order valence-corrected chi connectivity index (χ1v) is 13.7. The molecule has 0 aromatic carbocycles. The summed E-state index contributed by atoms with van der Waals surface area (Å²) in [6.07, 6.45) is -0.666. The smallest absolute Gasteiger partial charge is 0.347 e. The third-order valence-electron chi connectivity index (χ3n) is 9.91. The third kappa shape index (κ3) is 3.65. The van der Waals surface area contributed by atoms with Crippen LogP contribution in [0.1, 0.15) is 53.4 Å². The van der Waals surface area contributed by atoms with Crippen molar-refractivity contribution in [1.82, 2.24) is 0 Å². The van der Waals surface area contributed by atoms with E-state index in [9.17, 15) is 19.5 Å². The molecular formula is C28H34F2O7S. The number of allylic oxidation sites excluding steroid dienone is 4. The number of carbonyl (C=O) groups is 3. The predicted octanol–water partition coefficient (Wildman–Crippen LogP) is 3.76. The van der Waals surface area contributed by atoms with Crippen LogP contribution in [0.3, 0.4) is 0 Å². The van der Waals surface area contributed by atoms with E-state index in [-0.39, 0.29) is 42.4 Å². The second-order valence-electron chi connectivity index (χ2n) is 12.0. The number of esters is 2. The molecule has 5 rings (SSSR count).